The molecule has 0 N–H and O–H groups in total. The van der Waals surface area contributed by atoms with E-state index in [0.29, 0.717) is 17.6 Å². The molecule has 278 valence electrons. The van der Waals surface area contributed by atoms with Crippen LogP contribution in [0.3, 0.4) is 0 Å². The molecular weight excluding hydrogens is 737 g/mol. The highest BCUT2D eigenvalue weighted by Gasteiger charge is 2.38. The molecule has 12 rings (SSSR count). The highest BCUT2D eigenvalue weighted by Crippen LogP contribution is 2.53. The van der Waals surface area contributed by atoms with Gasteiger partial charge in [-0.2, -0.15) is 9.97 Å². The Morgan fingerprint density at radius 3 is 1.85 bits per heavy atom. The molecule has 0 spiro atoms. The van der Waals surface area contributed by atoms with Crippen molar-refractivity contribution in [3.63, 3.8) is 0 Å². The molecule has 0 unspecified atom stereocenters. The van der Waals surface area contributed by atoms with Gasteiger partial charge in [0.25, 0.3) is 0 Å². The van der Waals surface area contributed by atoms with E-state index in [1.165, 1.54) is 69.9 Å². The maximum atomic E-state index is 5.47. The Kier molecular flexibility index (Phi) is 7.41. The smallest absolute Gasteiger partial charge is 0.238 e. The second kappa shape index (κ2) is 12.9. The van der Waals surface area contributed by atoms with E-state index < -0.39 is 0 Å². The molecule has 0 aliphatic heterocycles. The van der Waals surface area contributed by atoms with Crippen LogP contribution in [0.25, 0.3) is 104 Å². The molecule has 8 aromatic carbocycles. The summed E-state index contributed by atoms with van der Waals surface area (Å²) in [5.74, 6) is 1.89. The van der Waals surface area contributed by atoms with E-state index in [0.717, 1.165) is 27.7 Å². The number of nitrogens with zero attached hydrogens (tertiary/aromatic N) is 4. The molecule has 3 heterocycles. The first-order chi connectivity index (χ1) is 29.0. The normalized spacial score (nSPS) is 13.1. The van der Waals surface area contributed by atoms with Crippen molar-refractivity contribution in [2.24, 2.45) is 0 Å². The summed E-state index contributed by atoms with van der Waals surface area (Å²) in [4.78, 5) is 16.2. The van der Waals surface area contributed by atoms with Crippen molar-refractivity contribution >= 4 is 53.3 Å². The molecule has 0 saturated heterocycles. The number of fused-ring (bicyclic) bond motifs is 10. The van der Waals surface area contributed by atoms with Gasteiger partial charge < -0.3 is 0 Å². The maximum Gasteiger partial charge on any atom is 0.238 e. The summed E-state index contributed by atoms with van der Waals surface area (Å²) in [5, 5.41) is 4.82. The van der Waals surface area contributed by atoms with Crippen LogP contribution in [0.15, 0.2) is 182 Å². The summed E-state index contributed by atoms with van der Waals surface area (Å²) >= 11 is 1.79. The summed E-state index contributed by atoms with van der Waals surface area (Å²) in [6, 6.07) is 65.1. The lowest BCUT2D eigenvalue weighted by atomic mass is 9.81. The SMILES string of the molecule is CC1(C)c2ccccc2-c2ccc3c4ccccc4n(-c4nc(-c5ccc(-c6ccccc6-c6ccccc6)cc5)nc(-c5cccc6c5sc5ccccc56)n4)c3c21. The van der Waals surface area contributed by atoms with E-state index in [2.05, 4.69) is 200 Å². The van der Waals surface area contributed by atoms with E-state index >= 15 is 0 Å². The van der Waals surface area contributed by atoms with Crippen LogP contribution in [-0.4, -0.2) is 19.5 Å². The summed E-state index contributed by atoms with van der Waals surface area (Å²) in [6.45, 7) is 4.70. The number of hydrogen-bond acceptors (Lipinski definition) is 4. The number of benzene rings is 8. The van der Waals surface area contributed by atoms with Crippen molar-refractivity contribution < 1.29 is 0 Å². The Labute approximate surface area is 345 Å². The first-order valence-electron chi connectivity index (χ1n) is 20.1. The monoisotopic (exact) mass is 772 g/mol. The zero-order valence-corrected chi connectivity index (χ0v) is 33.3. The van der Waals surface area contributed by atoms with Crippen molar-refractivity contribution in [1.29, 1.82) is 0 Å². The van der Waals surface area contributed by atoms with Gasteiger partial charge in [-0.05, 0) is 62.7 Å². The van der Waals surface area contributed by atoms with Crippen LogP contribution in [0.4, 0.5) is 0 Å². The Hall–Kier alpha value is -7.21. The number of aromatic nitrogens is 4. The van der Waals surface area contributed by atoms with Crippen LogP contribution in [0.1, 0.15) is 25.0 Å². The van der Waals surface area contributed by atoms with E-state index in [9.17, 15) is 0 Å². The lowest BCUT2D eigenvalue weighted by molar-refractivity contribution is 0.663. The molecule has 1 aliphatic carbocycles. The van der Waals surface area contributed by atoms with Crippen LogP contribution < -0.4 is 0 Å². The van der Waals surface area contributed by atoms with Gasteiger partial charge in [0.1, 0.15) is 0 Å². The lowest BCUT2D eigenvalue weighted by Gasteiger charge is -2.23. The molecular formula is C54H36N4S. The van der Waals surface area contributed by atoms with Crippen LogP contribution in [0, 0.1) is 0 Å². The van der Waals surface area contributed by atoms with Crippen LogP contribution >= 0.6 is 11.3 Å². The average Bonchev–Trinajstić information content (AvgIpc) is 3.92. The highest BCUT2D eigenvalue weighted by molar-refractivity contribution is 7.26. The largest absolute Gasteiger partial charge is 0.277 e. The van der Waals surface area contributed by atoms with Crippen LogP contribution in [0.2, 0.25) is 0 Å². The fourth-order valence-electron chi connectivity index (χ4n) is 9.56. The average molecular weight is 773 g/mol. The van der Waals surface area contributed by atoms with Crippen molar-refractivity contribution in [3.05, 3.63) is 193 Å². The third-order valence-electron chi connectivity index (χ3n) is 12.3. The molecule has 5 heteroatoms. The Bertz CT molecular complexity index is 3470. The van der Waals surface area contributed by atoms with Gasteiger partial charge in [-0.1, -0.05) is 178 Å². The molecule has 0 saturated carbocycles. The third-order valence-corrected chi connectivity index (χ3v) is 13.5. The number of thiophene rings is 1. The van der Waals surface area contributed by atoms with Gasteiger partial charge >= 0.3 is 0 Å². The molecule has 0 amide bonds. The van der Waals surface area contributed by atoms with Crippen molar-refractivity contribution in [2.75, 3.05) is 0 Å². The van der Waals surface area contributed by atoms with Gasteiger partial charge in [0.05, 0.1) is 11.0 Å². The lowest BCUT2D eigenvalue weighted by Crippen LogP contribution is -2.17. The minimum absolute atomic E-state index is 0.245. The summed E-state index contributed by atoms with van der Waals surface area (Å²) in [7, 11) is 0. The van der Waals surface area contributed by atoms with Crippen LogP contribution in [-0.2, 0) is 5.41 Å². The van der Waals surface area contributed by atoms with E-state index in [1.54, 1.807) is 11.3 Å². The molecule has 1 aliphatic rings. The second-order valence-electron chi connectivity index (χ2n) is 16.0. The van der Waals surface area contributed by atoms with Crippen molar-refractivity contribution in [1.82, 2.24) is 19.5 Å². The highest BCUT2D eigenvalue weighted by atomic mass is 32.1. The van der Waals surface area contributed by atoms with E-state index in [4.69, 9.17) is 15.0 Å². The molecule has 59 heavy (non-hydrogen) atoms. The fourth-order valence-corrected chi connectivity index (χ4v) is 10.8. The summed E-state index contributed by atoms with van der Waals surface area (Å²) < 4.78 is 4.72. The topological polar surface area (TPSA) is 43.6 Å². The summed E-state index contributed by atoms with van der Waals surface area (Å²) in [6.07, 6.45) is 0. The quantitative estimate of drug-likeness (QED) is 0.175. The molecule has 0 atom stereocenters. The molecule has 3 aromatic heterocycles. The molecule has 0 bridgehead atoms. The number of hydrogen-bond donors (Lipinski definition) is 0. The number of rotatable bonds is 5. The maximum absolute atomic E-state index is 5.47. The first-order valence-corrected chi connectivity index (χ1v) is 20.9. The predicted octanol–water partition coefficient (Wildman–Crippen LogP) is 14.3. The molecule has 0 fully saturated rings. The van der Waals surface area contributed by atoms with E-state index in [1.807, 2.05) is 0 Å². The Morgan fingerprint density at radius 1 is 0.424 bits per heavy atom. The molecule has 11 aromatic rings. The van der Waals surface area contributed by atoms with Gasteiger partial charge in [0.15, 0.2) is 11.6 Å². The van der Waals surface area contributed by atoms with Crippen LogP contribution in [0.5, 0.6) is 0 Å². The minimum Gasteiger partial charge on any atom is -0.277 e. The van der Waals surface area contributed by atoms with Gasteiger partial charge in [-0.25, -0.2) is 4.98 Å². The van der Waals surface area contributed by atoms with Gasteiger partial charge in [0.2, 0.25) is 5.95 Å². The second-order valence-corrected chi connectivity index (χ2v) is 17.0. The zero-order chi connectivity index (χ0) is 39.2. The van der Waals surface area contributed by atoms with Gasteiger partial charge in [-0.3, -0.25) is 4.57 Å². The van der Waals surface area contributed by atoms with Gasteiger partial charge in [-0.15, -0.1) is 11.3 Å². The van der Waals surface area contributed by atoms with E-state index in [-0.39, 0.29) is 5.41 Å². The standard InChI is InChI=1S/C54H36N4S/c1-54(2)45-24-11-8-19-38(45)41-31-32-42-39-20-9-12-25-46(39)58(49(42)48(41)54)53-56-51(55-52(57-53)44-23-14-22-43-40-21-10-13-26-47(40)59-50(43)44)35-29-27-34(28-30-35)37-18-7-6-17-36(37)33-15-4-3-5-16-33/h3-32H,1-2H3. The molecule has 4 nitrogen and oxygen atoms in total. The van der Waals surface area contributed by atoms with Crippen molar-refractivity contribution in [2.45, 2.75) is 19.3 Å². The Morgan fingerprint density at radius 2 is 1.03 bits per heavy atom. The third kappa shape index (κ3) is 5.11. The number of para-hydroxylation sites is 1. The predicted molar refractivity (Wildman–Crippen MR) is 246 cm³/mol. The van der Waals surface area contributed by atoms with Crippen molar-refractivity contribution in [3.8, 4) is 62.1 Å². The fraction of sp³-hybridized carbons (Fsp3) is 0.0556. The zero-order valence-electron chi connectivity index (χ0n) is 32.5. The van der Waals surface area contributed by atoms with Gasteiger partial charge in [0, 0.05) is 47.5 Å². The summed E-state index contributed by atoms with van der Waals surface area (Å²) in [5.41, 5.74) is 13.8. The molecule has 0 radical (unpaired) electrons. The Balaban J connectivity index is 1.12. The minimum atomic E-state index is -0.245. The first kappa shape index (κ1) is 33.9.